The molecular weight excluding hydrogens is 209 g/mol. The SMILES string of the molecule is Clc1cccc(-c2ncn[nH]2)c1Cl. The monoisotopic (exact) mass is 213 g/mol. The van der Waals surface area contributed by atoms with Gasteiger partial charge in [-0.3, -0.25) is 5.10 Å². The Morgan fingerprint density at radius 3 is 2.77 bits per heavy atom. The summed E-state index contributed by atoms with van der Waals surface area (Å²) >= 11 is 11.8. The zero-order chi connectivity index (χ0) is 9.26. The highest BCUT2D eigenvalue weighted by molar-refractivity contribution is 6.43. The number of hydrogen-bond acceptors (Lipinski definition) is 2. The average Bonchev–Trinajstić information content (AvgIpc) is 2.62. The maximum Gasteiger partial charge on any atom is 0.156 e. The van der Waals surface area contributed by atoms with Crippen LogP contribution < -0.4 is 0 Å². The first-order chi connectivity index (χ1) is 6.29. The molecule has 13 heavy (non-hydrogen) atoms. The van der Waals surface area contributed by atoms with E-state index in [1.54, 1.807) is 6.07 Å². The zero-order valence-electron chi connectivity index (χ0n) is 6.46. The fourth-order valence-electron chi connectivity index (χ4n) is 1.02. The quantitative estimate of drug-likeness (QED) is 0.792. The topological polar surface area (TPSA) is 41.6 Å². The van der Waals surface area contributed by atoms with Crippen molar-refractivity contribution in [1.82, 2.24) is 15.2 Å². The summed E-state index contributed by atoms with van der Waals surface area (Å²) in [6, 6.07) is 5.37. The largest absolute Gasteiger partial charge is 0.259 e. The molecule has 5 heteroatoms. The van der Waals surface area contributed by atoms with Crippen LogP contribution in [0.15, 0.2) is 24.5 Å². The first kappa shape index (κ1) is 8.53. The molecule has 3 nitrogen and oxygen atoms in total. The van der Waals surface area contributed by atoms with Crippen LogP contribution in [0.2, 0.25) is 10.0 Å². The van der Waals surface area contributed by atoms with Crippen LogP contribution in [-0.2, 0) is 0 Å². The van der Waals surface area contributed by atoms with Crippen LogP contribution in [0.25, 0.3) is 11.4 Å². The summed E-state index contributed by atoms with van der Waals surface area (Å²) in [6.07, 6.45) is 1.42. The smallest absolute Gasteiger partial charge is 0.156 e. The minimum absolute atomic E-state index is 0.487. The Bertz CT molecular complexity index is 411. The van der Waals surface area contributed by atoms with E-state index in [1.807, 2.05) is 12.1 Å². The molecule has 1 heterocycles. The molecule has 0 saturated heterocycles. The van der Waals surface area contributed by atoms with E-state index in [4.69, 9.17) is 23.2 Å². The third-order valence-corrected chi connectivity index (χ3v) is 2.44. The van der Waals surface area contributed by atoms with E-state index in [2.05, 4.69) is 15.2 Å². The summed E-state index contributed by atoms with van der Waals surface area (Å²) < 4.78 is 0. The van der Waals surface area contributed by atoms with Gasteiger partial charge in [0.15, 0.2) is 5.82 Å². The molecule has 1 N–H and O–H groups in total. The molecule has 1 aromatic carbocycles. The van der Waals surface area contributed by atoms with Crippen molar-refractivity contribution in [2.45, 2.75) is 0 Å². The molecule has 66 valence electrons. The Labute approximate surface area is 84.7 Å². The van der Waals surface area contributed by atoms with E-state index in [0.29, 0.717) is 15.9 Å². The number of halogens is 2. The van der Waals surface area contributed by atoms with Gasteiger partial charge < -0.3 is 0 Å². The summed E-state index contributed by atoms with van der Waals surface area (Å²) in [5, 5.41) is 7.45. The molecule has 0 aliphatic carbocycles. The van der Waals surface area contributed by atoms with E-state index >= 15 is 0 Å². The molecule has 2 aromatic rings. The van der Waals surface area contributed by atoms with Gasteiger partial charge in [-0.05, 0) is 12.1 Å². The summed E-state index contributed by atoms with van der Waals surface area (Å²) in [5.74, 6) is 0.618. The van der Waals surface area contributed by atoms with Crippen LogP contribution in [0.1, 0.15) is 0 Å². The number of rotatable bonds is 1. The number of nitrogens with zero attached hydrogens (tertiary/aromatic N) is 2. The molecule has 0 saturated carbocycles. The fraction of sp³-hybridized carbons (Fsp3) is 0. The van der Waals surface area contributed by atoms with Crippen molar-refractivity contribution >= 4 is 23.2 Å². The van der Waals surface area contributed by atoms with Crippen molar-refractivity contribution < 1.29 is 0 Å². The Morgan fingerprint density at radius 2 is 2.08 bits per heavy atom. The van der Waals surface area contributed by atoms with Crippen molar-refractivity contribution in [3.05, 3.63) is 34.6 Å². The van der Waals surface area contributed by atoms with Crippen LogP contribution in [-0.4, -0.2) is 15.2 Å². The molecule has 0 bridgehead atoms. The van der Waals surface area contributed by atoms with Gasteiger partial charge in [0.1, 0.15) is 6.33 Å². The van der Waals surface area contributed by atoms with E-state index in [9.17, 15) is 0 Å². The molecule has 0 aliphatic heterocycles. The molecule has 0 aliphatic rings. The summed E-state index contributed by atoms with van der Waals surface area (Å²) in [7, 11) is 0. The van der Waals surface area contributed by atoms with E-state index in [1.165, 1.54) is 6.33 Å². The van der Waals surface area contributed by atoms with Crippen LogP contribution in [0, 0.1) is 0 Å². The van der Waals surface area contributed by atoms with Crippen LogP contribution in [0.4, 0.5) is 0 Å². The van der Waals surface area contributed by atoms with Gasteiger partial charge in [0.2, 0.25) is 0 Å². The predicted molar refractivity (Wildman–Crippen MR) is 51.8 cm³/mol. The second-order valence-corrected chi connectivity index (χ2v) is 3.22. The van der Waals surface area contributed by atoms with Crippen LogP contribution in [0.5, 0.6) is 0 Å². The molecule has 0 atom stereocenters. The molecule has 0 unspecified atom stereocenters. The first-order valence-corrected chi connectivity index (χ1v) is 4.34. The molecular formula is C8H5Cl2N3. The lowest BCUT2D eigenvalue weighted by Crippen LogP contribution is -1.82. The molecule has 0 amide bonds. The van der Waals surface area contributed by atoms with Crippen molar-refractivity contribution in [1.29, 1.82) is 0 Å². The molecule has 0 fully saturated rings. The fourth-order valence-corrected chi connectivity index (χ4v) is 1.41. The van der Waals surface area contributed by atoms with Gasteiger partial charge >= 0.3 is 0 Å². The first-order valence-electron chi connectivity index (χ1n) is 3.59. The third-order valence-electron chi connectivity index (χ3n) is 1.62. The Balaban J connectivity index is 2.59. The highest BCUT2D eigenvalue weighted by atomic mass is 35.5. The van der Waals surface area contributed by atoms with E-state index in [0.717, 1.165) is 5.56 Å². The van der Waals surface area contributed by atoms with Crippen molar-refractivity contribution in [3.8, 4) is 11.4 Å². The van der Waals surface area contributed by atoms with Gasteiger partial charge in [0, 0.05) is 5.56 Å². The molecule has 0 radical (unpaired) electrons. The number of aromatic nitrogens is 3. The van der Waals surface area contributed by atoms with E-state index < -0.39 is 0 Å². The van der Waals surface area contributed by atoms with Gasteiger partial charge in [-0.15, -0.1) is 0 Å². The molecule has 2 rings (SSSR count). The lowest BCUT2D eigenvalue weighted by molar-refractivity contribution is 1.10. The third kappa shape index (κ3) is 1.53. The highest BCUT2D eigenvalue weighted by Gasteiger charge is 2.07. The lowest BCUT2D eigenvalue weighted by Gasteiger charge is -2.00. The standard InChI is InChI=1S/C8H5Cl2N3/c9-6-3-1-2-5(7(6)10)8-11-4-12-13-8/h1-4H,(H,11,12,13). The van der Waals surface area contributed by atoms with Gasteiger partial charge in [-0.1, -0.05) is 29.3 Å². The number of nitrogens with one attached hydrogen (secondary N) is 1. The normalized spacial score (nSPS) is 10.3. The van der Waals surface area contributed by atoms with Crippen LogP contribution >= 0.6 is 23.2 Å². The van der Waals surface area contributed by atoms with Crippen molar-refractivity contribution in [2.24, 2.45) is 0 Å². The highest BCUT2D eigenvalue weighted by Crippen LogP contribution is 2.30. The number of hydrogen-bond donors (Lipinski definition) is 1. The Morgan fingerprint density at radius 1 is 1.23 bits per heavy atom. The van der Waals surface area contributed by atoms with Gasteiger partial charge in [-0.25, -0.2) is 4.98 Å². The summed E-state index contributed by atoms with van der Waals surface area (Å²) in [6.45, 7) is 0. The summed E-state index contributed by atoms with van der Waals surface area (Å²) in [5.41, 5.74) is 0.756. The summed E-state index contributed by atoms with van der Waals surface area (Å²) in [4.78, 5) is 3.98. The Hall–Kier alpha value is -1.06. The number of H-pyrrole nitrogens is 1. The van der Waals surface area contributed by atoms with Gasteiger partial charge in [0.25, 0.3) is 0 Å². The maximum absolute atomic E-state index is 5.96. The van der Waals surface area contributed by atoms with E-state index in [-0.39, 0.29) is 0 Å². The Kier molecular flexibility index (Phi) is 2.20. The number of benzene rings is 1. The minimum Gasteiger partial charge on any atom is -0.259 e. The molecule has 0 spiro atoms. The van der Waals surface area contributed by atoms with Crippen LogP contribution in [0.3, 0.4) is 0 Å². The molecule has 1 aromatic heterocycles. The zero-order valence-corrected chi connectivity index (χ0v) is 7.97. The number of aromatic amines is 1. The predicted octanol–water partition coefficient (Wildman–Crippen LogP) is 2.78. The second-order valence-electron chi connectivity index (χ2n) is 2.44. The van der Waals surface area contributed by atoms with Gasteiger partial charge in [0.05, 0.1) is 10.0 Å². The maximum atomic E-state index is 5.96. The minimum atomic E-state index is 0.487. The van der Waals surface area contributed by atoms with Gasteiger partial charge in [-0.2, -0.15) is 5.10 Å². The lowest BCUT2D eigenvalue weighted by atomic mass is 10.2. The average molecular weight is 214 g/mol. The second kappa shape index (κ2) is 3.36. The van der Waals surface area contributed by atoms with Crippen molar-refractivity contribution in [3.63, 3.8) is 0 Å². The van der Waals surface area contributed by atoms with Crippen molar-refractivity contribution in [2.75, 3.05) is 0 Å².